The zero-order valence-electron chi connectivity index (χ0n) is 16.0. The molecule has 6 nitrogen and oxygen atoms in total. The van der Waals surface area contributed by atoms with E-state index in [2.05, 4.69) is 6.58 Å². The number of hydrogen-bond donors (Lipinski definition) is 0. The summed E-state index contributed by atoms with van der Waals surface area (Å²) < 4.78 is 88.4. The Bertz CT molecular complexity index is 810. The molecule has 0 aromatic heterocycles. The van der Waals surface area contributed by atoms with Crippen LogP contribution in [0.15, 0.2) is 12.7 Å². The predicted molar refractivity (Wildman–Crippen MR) is 90.4 cm³/mol. The Labute approximate surface area is 172 Å². The number of imide groups is 2. The average Bonchev–Trinajstić information content (AvgIpc) is 3.12. The Morgan fingerprint density at radius 3 is 1.35 bits per heavy atom. The highest BCUT2D eigenvalue weighted by atomic mass is 19.2. The van der Waals surface area contributed by atoms with Crippen molar-refractivity contribution in [2.24, 2.45) is 29.6 Å². The normalized spacial score (nSPS) is 50.0. The monoisotopic (exact) mass is 452 g/mol. The van der Waals surface area contributed by atoms with Crippen LogP contribution in [0.3, 0.4) is 0 Å². The van der Waals surface area contributed by atoms with Crippen LogP contribution < -0.4 is 0 Å². The minimum absolute atomic E-state index is 0.151. The molecule has 10 atom stereocenters. The summed E-state index contributed by atoms with van der Waals surface area (Å²) in [5.74, 6) is -15.2. The first kappa shape index (κ1) is 21.8. The number of fused-ring (bicyclic) bond motifs is 2. The fourth-order valence-corrected chi connectivity index (χ4v) is 5.38. The highest BCUT2D eigenvalue weighted by Crippen LogP contribution is 2.51. The van der Waals surface area contributed by atoms with Crippen molar-refractivity contribution < 1.29 is 45.5 Å². The molecule has 2 saturated carbocycles. The van der Waals surface area contributed by atoms with E-state index in [1.54, 1.807) is 0 Å². The first-order valence-electron chi connectivity index (χ1n) is 9.62. The maximum absolute atomic E-state index is 15.2. The molecule has 4 fully saturated rings. The molecule has 4 rings (SSSR count). The first-order chi connectivity index (χ1) is 14.5. The number of carbonyl (C=O) groups excluding carboxylic acids is 4. The Hall–Kier alpha value is -2.40. The fourth-order valence-electron chi connectivity index (χ4n) is 5.38. The maximum Gasteiger partial charge on any atom is 0.236 e. The second kappa shape index (κ2) is 7.06. The third-order valence-corrected chi connectivity index (χ3v) is 6.99. The lowest BCUT2D eigenvalue weighted by atomic mass is 9.67. The molecule has 2 saturated heterocycles. The van der Waals surface area contributed by atoms with Gasteiger partial charge < -0.3 is 0 Å². The van der Waals surface area contributed by atoms with Crippen molar-refractivity contribution >= 4 is 23.6 Å². The van der Waals surface area contributed by atoms with Crippen molar-refractivity contribution in [3.63, 3.8) is 0 Å². The lowest BCUT2D eigenvalue weighted by Gasteiger charge is -2.41. The molecule has 12 heteroatoms. The van der Waals surface area contributed by atoms with Gasteiger partial charge in [0.2, 0.25) is 23.6 Å². The van der Waals surface area contributed by atoms with Gasteiger partial charge in [-0.3, -0.25) is 29.0 Å². The van der Waals surface area contributed by atoms with Gasteiger partial charge in [0.05, 0.1) is 23.7 Å². The largest absolute Gasteiger partial charge is 0.285 e. The molecule has 2 heterocycles. The van der Waals surface area contributed by atoms with Gasteiger partial charge in [0.25, 0.3) is 0 Å². The molecule has 0 bridgehead atoms. The number of hydrogen-bond acceptors (Lipinski definition) is 4. The summed E-state index contributed by atoms with van der Waals surface area (Å²) in [5.41, 5.74) is 0. The molecular weight excluding hydrogens is 434 g/mol. The minimum Gasteiger partial charge on any atom is -0.285 e. The lowest BCUT2D eigenvalue weighted by Crippen LogP contribution is -2.62. The summed E-state index contributed by atoms with van der Waals surface area (Å²) in [6.45, 7) is 3.11. The zero-order chi connectivity index (χ0) is 23.1. The van der Waals surface area contributed by atoms with Gasteiger partial charge in [-0.1, -0.05) is 6.08 Å². The Kier molecular flexibility index (Phi) is 4.97. The number of likely N-dealkylation sites (tertiary alicyclic amines) is 2. The van der Waals surface area contributed by atoms with Gasteiger partial charge in [-0.05, 0) is 0 Å². The molecule has 10 unspecified atom stereocenters. The quantitative estimate of drug-likeness (QED) is 0.357. The number of halogens is 6. The number of amides is 4. The standard InChI is InChI=1S/C19H18F6N2O4/c1-3-4-9(20)13(24)15(14(25)10(4)21)27-18(30)7-8(19(27)31)12(23)6-5(11(7)22)16(28)26(2)17(6)29/h3-15H,1H2,2H3. The van der Waals surface area contributed by atoms with Crippen molar-refractivity contribution in [1.82, 2.24) is 9.80 Å². The number of allylic oxidation sites excluding steroid dienone is 1. The SMILES string of the molecule is C=CC1C(F)C(F)C(N2C(=O)C3C(F)C4C(=O)N(C)C(=O)C4C(F)C3C2=O)C(F)C1F. The minimum atomic E-state index is -2.87. The van der Waals surface area contributed by atoms with E-state index in [-0.39, 0.29) is 4.90 Å². The predicted octanol–water partition coefficient (Wildman–Crippen LogP) is 1.05. The van der Waals surface area contributed by atoms with E-state index in [0.29, 0.717) is 11.0 Å². The van der Waals surface area contributed by atoms with Crippen LogP contribution in [-0.2, 0) is 19.2 Å². The number of nitrogens with zero attached hydrogens (tertiary/aromatic N) is 2. The molecular formula is C19H18F6N2O4. The van der Waals surface area contributed by atoms with Crippen LogP contribution in [-0.4, -0.2) is 83.5 Å². The Morgan fingerprint density at radius 1 is 0.645 bits per heavy atom. The van der Waals surface area contributed by atoms with Gasteiger partial charge in [0, 0.05) is 13.0 Å². The summed E-state index contributed by atoms with van der Waals surface area (Å²) in [5, 5.41) is 0. The van der Waals surface area contributed by atoms with Crippen LogP contribution in [0.25, 0.3) is 0 Å². The van der Waals surface area contributed by atoms with E-state index in [1.807, 2.05) is 0 Å². The Morgan fingerprint density at radius 2 is 1.00 bits per heavy atom. The molecule has 0 aromatic rings. The van der Waals surface area contributed by atoms with E-state index in [4.69, 9.17) is 0 Å². The highest BCUT2D eigenvalue weighted by molar-refractivity contribution is 6.10. The van der Waals surface area contributed by atoms with Gasteiger partial charge in [0.15, 0.2) is 12.3 Å². The molecule has 0 N–H and O–H groups in total. The molecule has 2 aliphatic carbocycles. The van der Waals surface area contributed by atoms with Crippen molar-refractivity contribution in [2.75, 3.05) is 7.05 Å². The van der Waals surface area contributed by atoms with Crippen LogP contribution in [0, 0.1) is 29.6 Å². The van der Waals surface area contributed by atoms with Crippen molar-refractivity contribution in [1.29, 1.82) is 0 Å². The molecule has 31 heavy (non-hydrogen) atoms. The van der Waals surface area contributed by atoms with E-state index >= 15 is 8.78 Å². The van der Waals surface area contributed by atoms with Gasteiger partial charge in [0.1, 0.15) is 30.7 Å². The van der Waals surface area contributed by atoms with Gasteiger partial charge in [-0.2, -0.15) is 0 Å². The van der Waals surface area contributed by atoms with Crippen LogP contribution in [0.2, 0.25) is 0 Å². The van der Waals surface area contributed by atoms with Crippen molar-refractivity contribution in [3.05, 3.63) is 12.7 Å². The highest BCUT2D eigenvalue weighted by Gasteiger charge is 2.71. The number of carbonyl (C=O) groups is 4. The van der Waals surface area contributed by atoms with Gasteiger partial charge >= 0.3 is 0 Å². The molecule has 4 amide bonds. The molecule has 0 aromatic carbocycles. The summed E-state index contributed by atoms with van der Waals surface area (Å²) in [4.78, 5) is 50.3. The molecule has 2 aliphatic heterocycles. The van der Waals surface area contributed by atoms with Crippen molar-refractivity contribution in [2.45, 2.75) is 43.1 Å². The molecule has 0 spiro atoms. The van der Waals surface area contributed by atoms with Crippen LogP contribution in [0.4, 0.5) is 26.3 Å². The number of rotatable bonds is 2. The van der Waals surface area contributed by atoms with E-state index in [1.165, 1.54) is 0 Å². The smallest absolute Gasteiger partial charge is 0.236 e. The summed E-state index contributed by atoms with van der Waals surface area (Å²) in [6.07, 6.45) is -15.4. The summed E-state index contributed by atoms with van der Waals surface area (Å²) in [7, 11) is 0.996. The third kappa shape index (κ3) is 2.59. The Balaban J connectivity index is 1.73. The number of alkyl halides is 6. The van der Waals surface area contributed by atoms with Crippen LogP contribution in [0.5, 0.6) is 0 Å². The van der Waals surface area contributed by atoms with Crippen LogP contribution in [0.1, 0.15) is 0 Å². The third-order valence-electron chi connectivity index (χ3n) is 6.99. The molecule has 0 radical (unpaired) electrons. The van der Waals surface area contributed by atoms with Gasteiger partial charge in [-0.25, -0.2) is 26.3 Å². The lowest BCUT2D eigenvalue weighted by molar-refractivity contribution is -0.154. The van der Waals surface area contributed by atoms with Crippen molar-refractivity contribution in [3.8, 4) is 0 Å². The van der Waals surface area contributed by atoms with E-state index in [9.17, 15) is 36.7 Å². The summed E-state index contributed by atoms with van der Waals surface area (Å²) >= 11 is 0. The topological polar surface area (TPSA) is 74.8 Å². The van der Waals surface area contributed by atoms with Crippen LogP contribution >= 0.6 is 0 Å². The second-order valence-electron chi connectivity index (χ2n) is 8.36. The molecule has 4 aliphatic rings. The van der Waals surface area contributed by atoms with Gasteiger partial charge in [-0.15, -0.1) is 6.58 Å². The first-order valence-corrected chi connectivity index (χ1v) is 9.62. The van der Waals surface area contributed by atoms with E-state index in [0.717, 1.165) is 7.05 Å². The van der Waals surface area contributed by atoms with E-state index < -0.39 is 96.3 Å². The second-order valence-corrected chi connectivity index (χ2v) is 8.36. The summed E-state index contributed by atoms with van der Waals surface area (Å²) in [6, 6.07) is -2.58. The molecule has 170 valence electrons. The zero-order valence-corrected chi connectivity index (χ0v) is 16.0. The maximum atomic E-state index is 15.2. The fraction of sp³-hybridized carbons (Fsp3) is 0.684. The average molecular weight is 452 g/mol.